The minimum atomic E-state index is -0.742. The van der Waals surface area contributed by atoms with Gasteiger partial charge in [0.1, 0.15) is 11.4 Å². The summed E-state index contributed by atoms with van der Waals surface area (Å²) in [6.45, 7) is 0. The molecule has 2 aliphatic rings. The van der Waals surface area contributed by atoms with Crippen LogP contribution in [0.15, 0.2) is 29.8 Å². The van der Waals surface area contributed by atoms with Crippen molar-refractivity contribution in [2.24, 2.45) is 0 Å². The summed E-state index contributed by atoms with van der Waals surface area (Å²) in [4.78, 5) is 37.5. The molecule has 4 amide bonds. The molecule has 2 fully saturated rings. The van der Waals surface area contributed by atoms with Crippen LogP contribution in [0.1, 0.15) is 31.2 Å². The lowest BCUT2D eigenvalue weighted by molar-refractivity contribution is -0.131. The van der Waals surface area contributed by atoms with Gasteiger partial charge in [-0.2, -0.15) is 0 Å². The maximum atomic E-state index is 13.2. The second-order valence-corrected chi connectivity index (χ2v) is 5.49. The van der Waals surface area contributed by atoms with Crippen LogP contribution >= 0.6 is 0 Å². The highest BCUT2D eigenvalue weighted by Gasteiger charge is 2.40. The zero-order chi connectivity index (χ0) is 15.7. The lowest BCUT2D eigenvalue weighted by Gasteiger charge is -2.31. The largest absolute Gasteiger partial charge is 0.331 e. The molecule has 114 valence electrons. The number of hydrogen-bond acceptors (Lipinski definition) is 3. The highest BCUT2D eigenvalue weighted by molar-refractivity contribution is 6.31. The second-order valence-electron chi connectivity index (χ2n) is 5.49. The predicted octanol–water partition coefficient (Wildman–Crippen LogP) is 2.23. The van der Waals surface area contributed by atoms with Gasteiger partial charge >= 0.3 is 6.03 Å². The monoisotopic (exact) mass is 302 g/mol. The first kappa shape index (κ1) is 14.4. The van der Waals surface area contributed by atoms with Crippen molar-refractivity contribution in [2.75, 3.05) is 0 Å². The number of nitrogens with zero attached hydrogens (tertiary/aromatic N) is 1. The fourth-order valence-electron chi connectivity index (χ4n) is 2.93. The molecule has 0 aromatic heterocycles. The summed E-state index contributed by atoms with van der Waals surface area (Å²) in [5, 5.41) is 2.19. The normalized spacial score (nSPS) is 21.6. The van der Waals surface area contributed by atoms with E-state index in [0.29, 0.717) is 5.56 Å². The minimum Gasteiger partial charge on any atom is -0.273 e. The zero-order valence-corrected chi connectivity index (χ0v) is 11.8. The number of nitrogens with one attached hydrogen (secondary N) is 1. The molecular weight excluding hydrogens is 287 g/mol. The molecule has 1 heterocycles. The van der Waals surface area contributed by atoms with E-state index < -0.39 is 23.7 Å². The molecule has 1 saturated heterocycles. The van der Waals surface area contributed by atoms with Gasteiger partial charge < -0.3 is 0 Å². The van der Waals surface area contributed by atoms with Gasteiger partial charge in [-0.3, -0.25) is 19.8 Å². The Kier molecular flexibility index (Phi) is 3.75. The maximum absolute atomic E-state index is 13.2. The summed E-state index contributed by atoms with van der Waals surface area (Å²) in [6, 6.07) is 4.75. The van der Waals surface area contributed by atoms with Crippen LogP contribution in [0.5, 0.6) is 0 Å². The quantitative estimate of drug-likeness (QED) is 0.673. The number of barbiturate groups is 1. The smallest absolute Gasteiger partial charge is 0.273 e. The first-order valence-corrected chi connectivity index (χ1v) is 7.22. The zero-order valence-electron chi connectivity index (χ0n) is 11.8. The van der Waals surface area contributed by atoms with E-state index in [0.717, 1.165) is 30.6 Å². The van der Waals surface area contributed by atoms with Gasteiger partial charge in [-0.25, -0.2) is 9.18 Å². The molecule has 0 radical (unpaired) electrons. The predicted molar refractivity (Wildman–Crippen MR) is 77.0 cm³/mol. The van der Waals surface area contributed by atoms with Crippen LogP contribution in [0, 0.1) is 5.82 Å². The average Bonchev–Trinajstić information content (AvgIpc) is 2.97. The van der Waals surface area contributed by atoms with E-state index in [9.17, 15) is 18.8 Å². The Bertz CT molecular complexity index is 678. The van der Waals surface area contributed by atoms with Gasteiger partial charge in [0, 0.05) is 6.04 Å². The van der Waals surface area contributed by atoms with Crippen molar-refractivity contribution >= 4 is 23.9 Å². The highest BCUT2D eigenvalue weighted by atomic mass is 19.1. The maximum Gasteiger partial charge on any atom is 0.331 e. The number of rotatable bonds is 2. The molecular formula is C16H15FN2O3. The molecule has 1 N–H and O–H groups in total. The standard InChI is InChI=1S/C16H15FN2O3/c17-11-5-3-4-10(8-11)9-13-14(20)18-16(22)19(15(13)21)12-6-1-2-7-12/h3-5,8-9,12H,1-2,6-7H2,(H,18,20,22)/b13-9+. The van der Waals surface area contributed by atoms with Crippen LogP contribution in [-0.4, -0.2) is 28.8 Å². The SMILES string of the molecule is O=C1NC(=O)N(C2CCCC2)C(=O)/C1=C/c1cccc(F)c1. The summed E-state index contributed by atoms with van der Waals surface area (Å²) in [5.41, 5.74) is 0.260. The van der Waals surface area contributed by atoms with E-state index in [1.54, 1.807) is 6.07 Å². The van der Waals surface area contributed by atoms with Crippen molar-refractivity contribution in [2.45, 2.75) is 31.7 Å². The molecule has 0 bridgehead atoms. The third-order valence-electron chi connectivity index (χ3n) is 3.98. The number of carbonyl (C=O) groups is 3. The molecule has 0 atom stereocenters. The van der Waals surface area contributed by atoms with Gasteiger partial charge in [0.05, 0.1) is 0 Å². The second kappa shape index (κ2) is 5.71. The average molecular weight is 302 g/mol. The van der Waals surface area contributed by atoms with Crippen LogP contribution < -0.4 is 5.32 Å². The van der Waals surface area contributed by atoms with E-state index in [1.807, 2.05) is 0 Å². The van der Waals surface area contributed by atoms with Crippen LogP contribution in [0.3, 0.4) is 0 Å². The first-order chi connectivity index (χ1) is 10.6. The molecule has 0 unspecified atom stereocenters. The fraction of sp³-hybridized carbons (Fsp3) is 0.312. The summed E-state index contributed by atoms with van der Waals surface area (Å²) in [5.74, 6) is -1.81. The van der Waals surface area contributed by atoms with Crippen molar-refractivity contribution in [3.8, 4) is 0 Å². The topological polar surface area (TPSA) is 66.5 Å². The number of urea groups is 1. The molecule has 3 rings (SSSR count). The van der Waals surface area contributed by atoms with Crippen LogP contribution in [0.25, 0.3) is 6.08 Å². The van der Waals surface area contributed by atoms with Crippen molar-refractivity contribution in [3.63, 3.8) is 0 Å². The number of carbonyl (C=O) groups excluding carboxylic acids is 3. The number of imide groups is 2. The van der Waals surface area contributed by atoms with Crippen LogP contribution in [0.2, 0.25) is 0 Å². The summed E-state index contributed by atoms with van der Waals surface area (Å²) in [7, 11) is 0. The Balaban J connectivity index is 1.94. The molecule has 1 aromatic carbocycles. The summed E-state index contributed by atoms with van der Waals surface area (Å²) >= 11 is 0. The van der Waals surface area contributed by atoms with Crippen LogP contribution in [-0.2, 0) is 9.59 Å². The Morgan fingerprint density at radius 2 is 1.91 bits per heavy atom. The van der Waals surface area contributed by atoms with Gasteiger partial charge in [0.2, 0.25) is 0 Å². The van der Waals surface area contributed by atoms with Gasteiger partial charge in [-0.1, -0.05) is 25.0 Å². The Morgan fingerprint density at radius 3 is 2.59 bits per heavy atom. The van der Waals surface area contributed by atoms with E-state index in [2.05, 4.69) is 5.32 Å². The van der Waals surface area contributed by atoms with Crippen molar-refractivity contribution in [1.82, 2.24) is 10.2 Å². The first-order valence-electron chi connectivity index (χ1n) is 7.22. The Labute approximate surface area is 126 Å². The van der Waals surface area contributed by atoms with E-state index in [1.165, 1.54) is 24.3 Å². The third kappa shape index (κ3) is 2.64. The fourth-order valence-corrected chi connectivity index (χ4v) is 2.93. The van der Waals surface area contributed by atoms with Crippen LogP contribution in [0.4, 0.5) is 9.18 Å². The number of amides is 4. The number of halogens is 1. The van der Waals surface area contributed by atoms with Crippen molar-refractivity contribution in [3.05, 3.63) is 41.2 Å². The molecule has 1 aromatic rings. The summed E-state index contributed by atoms with van der Waals surface area (Å²) in [6.07, 6.45) is 4.73. The highest BCUT2D eigenvalue weighted by Crippen LogP contribution is 2.27. The Morgan fingerprint density at radius 1 is 1.18 bits per heavy atom. The molecule has 0 spiro atoms. The van der Waals surface area contributed by atoms with E-state index >= 15 is 0 Å². The lowest BCUT2D eigenvalue weighted by Crippen LogP contribution is -2.57. The number of hydrogen-bond donors (Lipinski definition) is 1. The molecule has 1 aliphatic heterocycles. The molecule has 22 heavy (non-hydrogen) atoms. The molecule has 1 aliphatic carbocycles. The number of benzene rings is 1. The molecule has 5 nitrogen and oxygen atoms in total. The van der Waals surface area contributed by atoms with Gasteiger partial charge in [-0.15, -0.1) is 0 Å². The third-order valence-corrected chi connectivity index (χ3v) is 3.98. The van der Waals surface area contributed by atoms with Crippen molar-refractivity contribution in [1.29, 1.82) is 0 Å². The van der Waals surface area contributed by atoms with E-state index in [4.69, 9.17) is 0 Å². The lowest BCUT2D eigenvalue weighted by atomic mass is 10.1. The van der Waals surface area contributed by atoms with Gasteiger partial charge in [0.15, 0.2) is 0 Å². The van der Waals surface area contributed by atoms with Crippen molar-refractivity contribution < 1.29 is 18.8 Å². The molecule has 6 heteroatoms. The molecule has 1 saturated carbocycles. The van der Waals surface area contributed by atoms with E-state index in [-0.39, 0.29) is 11.6 Å². The Hall–Kier alpha value is -2.50. The summed E-state index contributed by atoms with van der Waals surface area (Å²) < 4.78 is 13.2. The van der Waals surface area contributed by atoms with Gasteiger partial charge in [0.25, 0.3) is 11.8 Å². The minimum absolute atomic E-state index is 0.142. The van der Waals surface area contributed by atoms with Gasteiger partial charge in [-0.05, 0) is 36.6 Å².